The van der Waals surface area contributed by atoms with Crippen LogP contribution in [0.1, 0.15) is 67.3 Å². The number of amides is 1. The van der Waals surface area contributed by atoms with E-state index < -0.39 is 23.4 Å². The van der Waals surface area contributed by atoms with Crippen LogP contribution in [0, 0.1) is 0 Å². The SMILES string of the molecule is CC(C)(O)c1cc2nn(C3CCC(O)CC3)cc2cc1NC(=O)c1coc(-c2ccnc(C(F)(F)F)c2)n1. The summed E-state index contributed by atoms with van der Waals surface area (Å²) in [6, 6.07) is 5.66. The number of aliphatic hydroxyl groups excluding tert-OH is 1. The van der Waals surface area contributed by atoms with E-state index in [-0.39, 0.29) is 29.3 Å². The second kappa shape index (κ2) is 9.52. The van der Waals surface area contributed by atoms with Crippen LogP contribution in [-0.2, 0) is 11.8 Å². The number of anilines is 1. The molecule has 1 aliphatic carbocycles. The first kappa shape index (κ1) is 25.9. The number of hydrogen-bond acceptors (Lipinski definition) is 7. The predicted molar refractivity (Wildman–Crippen MR) is 131 cm³/mol. The molecule has 200 valence electrons. The number of rotatable bonds is 5. The van der Waals surface area contributed by atoms with Crippen LogP contribution < -0.4 is 5.32 Å². The Morgan fingerprint density at radius 3 is 2.58 bits per heavy atom. The van der Waals surface area contributed by atoms with Gasteiger partial charge in [0.2, 0.25) is 5.89 Å². The van der Waals surface area contributed by atoms with Gasteiger partial charge in [-0.05, 0) is 63.8 Å². The molecule has 3 heterocycles. The number of benzene rings is 1. The molecule has 0 bridgehead atoms. The molecule has 0 spiro atoms. The quantitative estimate of drug-likeness (QED) is 0.330. The fraction of sp³-hybridized carbons (Fsp3) is 0.385. The predicted octanol–water partition coefficient (Wildman–Crippen LogP) is 5.06. The van der Waals surface area contributed by atoms with E-state index in [1.54, 1.807) is 26.0 Å². The fourth-order valence-corrected chi connectivity index (χ4v) is 4.63. The summed E-state index contributed by atoms with van der Waals surface area (Å²) < 4.78 is 46.2. The Morgan fingerprint density at radius 1 is 1.16 bits per heavy atom. The van der Waals surface area contributed by atoms with Crippen molar-refractivity contribution >= 4 is 22.5 Å². The minimum absolute atomic E-state index is 0.0209. The normalized spacial score (nSPS) is 18.6. The van der Waals surface area contributed by atoms with Crippen LogP contribution in [0.4, 0.5) is 18.9 Å². The number of oxazole rings is 1. The van der Waals surface area contributed by atoms with Gasteiger partial charge in [0.15, 0.2) is 5.69 Å². The highest BCUT2D eigenvalue weighted by Crippen LogP contribution is 2.35. The van der Waals surface area contributed by atoms with Gasteiger partial charge in [0.25, 0.3) is 5.91 Å². The molecule has 0 radical (unpaired) electrons. The maximum atomic E-state index is 13.0. The third-order valence-electron chi connectivity index (χ3n) is 6.64. The Morgan fingerprint density at radius 2 is 1.89 bits per heavy atom. The third kappa shape index (κ3) is 5.27. The summed E-state index contributed by atoms with van der Waals surface area (Å²) in [5, 5.41) is 28.8. The summed E-state index contributed by atoms with van der Waals surface area (Å²) in [4.78, 5) is 20.4. The summed E-state index contributed by atoms with van der Waals surface area (Å²) in [7, 11) is 0. The van der Waals surface area contributed by atoms with E-state index in [0.29, 0.717) is 29.6 Å². The van der Waals surface area contributed by atoms with Crippen LogP contribution in [0.2, 0.25) is 0 Å². The summed E-state index contributed by atoms with van der Waals surface area (Å²) >= 11 is 0. The number of aromatic nitrogens is 4. The molecule has 9 nitrogen and oxygen atoms in total. The van der Waals surface area contributed by atoms with Gasteiger partial charge in [-0.25, -0.2) is 4.98 Å². The van der Waals surface area contributed by atoms with E-state index in [1.165, 1.54) is 6.07 Å². The Hall–Kier alpha value is -3.77. The number of nitrogens with one attached hydrogen (secondary N) is 1. The van der Waals surface area contributed by atoms with E-state index in [2.05, 4.69) is 20.4 Å². The molecule has 0 atom stereocenters. The fourth-order valence-electron chi connectivity index (χ4n) is 4.63. The first-order valence-corrected chi connectivity index (χ1v) is 12.1. The number of halogens is 3. The zero-order valence-corrected chi connectivity index (χ0v) is 20.7. The number of alkyl halides is 3. The van der Waals surface area contributed by atoms with E-state index in [9.17, 15) is 28.2 Å². The number of aliphatic hydroxyl groups is 2. The second-order valence-corrected chi connectivity index (χ2v) is 10.0. The first-order chi connectivity index (χ1) is 17.9. The molecule has 4 aromatic rings. The smallest absolute Gasteiger partial charge is 0.433 e. The molecule has 5 rings (SSSR count). The summed E-state index contributed by atoms with van der Waals surface area (Å²) in [5.41, 5.74) is -1.15. The van der Waals surface area contributed by atoms with Gasteiger partial charge in [-0.2, -0.15) is 18.3 Å². The van der Waals surface area contributed by atoms with Crippen LogP contribution in [0.3, 0.4) is 0 Å². The molecule has 0 aliphatic heterocycles. The molecule has 3 aromatic heterocycles. The van der Waals surface area contributed by atoms with Gasteiger partial charge >= 0.3 is 6.18 Å². The zero-order chi connectivity index (χ0) is 27.2. The van der Waals surface area contributed by atoms with Crippen LogP contribution in [-0.4, -0.2) is 42.0 Å². The van der Waals surface area contributed by atoms with Gasteiger partial charge in [-0.1, -0.05) is 0 Å². The topological polar surface area (TPSA) is 126 Å². The minimum atomic E-state index is -4.64. The average Bonchev–Trinajstić information content (AvgIpc) is 3.50. The molecule has 0 saturated heterocycles. The van der Waals surface area contributed by atoms with Crippen molar-refractivity contribution in [1.29, 1.82) is 0 Å². The lowest BCUT2D eigenvalue weighted by Crippen LogP contribution is -2.21. The monoisotopic (exact) mass is 529 g/mol. The molecular formula is C26H26F3N5O4. The Bertz CT molecular complexity index is 1480. The third-order valence-corrected chi connectivity index (χ3v) is 6.64. The van der Waals surface area contributed by atoms with Gasteiger partial charge in [0.05, 0.1) is 23.3 Å². The van der Waals surface area contributed by atoms with Gasteiger partial charge in [-0.15, -0.1) is 0 Å². The van der Waals surface area contributed by atoms with Gasteiger partial charge in [0, 0.05) is 34.6 Å². The average molecular weight is 530 g/mol. The van der Waals surface area contributed by atoms with E-state index >= 15 is 0 Å². The summed E-state index contributed by atoms with van der Waals surface area (Å²) in [6.07, 6.45) is 1.99. The highest BCUT2D eigenvalue weighted by molar-refractivity contribution is 6.04. The number of carbonyl (C=O) groups is 1. The van der Waals surface area contributed by atoms with Crippen molar-refractivity contribution in [1.82, 2.24) is 19.7 Å². The number of pyridine rings is 1. The highest BCUT2D eigenvalue weighted by atomic mass is 19.4. The lowest BCUT2D eigenvalue weighted by atomic mass is 9.93. The molecule has 38 heavy (non-hydrogen) atoms. The second-order valence-electron chi connectivity index (χ2n) is 10.0. The number of carbonyl (C=O) groups excluding carboxylic acids is 1. The molecule has 1 saturated carbocycles. The van der Waals surface area contributed by atoms with Crippen molar-refractivity contribution in [3.63, 3.8) is 0 Å². The molecular weight excluding hydrogens is 503 g/mol. The highest BCUT2D eigenvalue weighted by Gasteiger charge is 2.33. The molecule has 1 amide bonds. The van der Waals surface area contributed by atoms with Crippen LogP contribution >= 0.6 is 0 Å². The van der Waals surface area contributed by atoms with E-state index in [4.69, 9.17) is 4.42 Å². The minimum Gasteiger partial charge on any atom is -0.444 e. The van der Waals surface area contributed by atoms with Crippen LogP contribution in [0.25, 0.3) is 22.4 Å². The lowest BCUT2D eigenvalue weighted by Gasteiger charge is -2.25. The lowest BCUT2D eigenvalue weighted by molar-refractivity contribution is -0.141. The molecule has 12 heteroatoms. The van der Waals surface area contributed by atoms with Gasteiger partial charge < -0.3 is 19.9 Å². The molecule has 3 N–H and O–H groups in total. The maximum absolute atomic E-state index is 13.0. The van der Waals surface area contributed by atoms with Crippen molar-refractivity contribution in [2.24, 2.45) is 0 Å². The standard InChI is InChI=1S/C26H26F3N5O4/c1-25(2,37)18-11-19-15(12-34(33-19)16-3-5-17(35)6-4-16)9-20(18)31-23(36)21-13-38-24(32-21)14-7-8-30-22(10-14)26(27,28)29/h7-13,16-17,35,37H,3-6H2,1-2H3,(H,31,36). The number of nitrogens with zero attached hydrogens (tertiary/aromatic N) is 4. The summed E-state index contributed by atoms with van der Waals surface area (Å²) in [6.45, 7) is 3.17. The Labute approximate surface area is 215 Å². The zero-order valence-electron chi connectivity index (χ0n) is 20.7. The maximum Gasteiger partial charge on any atom is 0.433 e. The first-order valence-electron chi connectivity index (χ1n) is 12.1. The number of hydrogen-bond donors (Lipinski definition) is 3. The van der Waals surface area contributed by atoms with Crippen molar-refractivity contribution in [3.8, 4) is 11.5 Å². The van der Waals surface area contributed by atoms with Crippen molar-refractivity contribution in [2.75, 3.05) is 5.32 Å². The van der Waals surface area contributed by atoms with Crippen LogP contribution in [0.15, 0.2) is 47.3 Å². The molecule has 0 unspecified atom stereocenters. The van der Waals surface area contributed by atoms with Crippen LogP contribution in [0.5, 0.6) is 0 Å². The summed E-state index contributed by atoms with van der Waals surface area (Å²) in [5.74, 6) is -0.830. The van der Waals surface area contributed by atoms with E-state index in [1.807, 2.05) is 10.9 Å². The van der Waals surface area contributed by atoms with Crippen molar-refractivity contribution < 1.29 is 32.6 Å². The Kier molecular flexibility index (Phi) is 6.48. The Balaban J connectivity index is 1.42. The van der Waals surface area contributed by atoms with Crippen molar-refractivity contribution in [3.05, 3.63) is 59.9 Å². The van der Waals surface area contributed by atoms with Gasteiger partial charge in [-0.3, -0.25) is 14.5 Å². The van der Waals surface area contributed by atoms with Crippen molar-refractivity contribution in [2.45, 2.75) is 63.5 Å². The largest absolute Gasteiger partial charge is 0.444 e. The molecule has 1 aromatic carbocycles. The molecule has 1 aliphatic rings. The van der Waals surface area contributed by atoms with Gasteiger partial charge in [0.1, 0.15) is 12.0 Å². The number of fused-ring (bicyclic) bond motifs is 1. The molecule has 1 fully saturated rings. The van der Waals surface area contributed by atoms with E-state index in [0.717, 1.165) is 36.8 Å².